The SMILES string of the molecule is CC(C)COCCOc1ccc(F)nc1. The van der Waals surface area contributed by atoms with Crippen molar-refractivity contribution in [2.45, 2.75) is 13.8 Å². The molecule has 0 spiro atoms. The summed E-state index contributed by atoms with van der Waals surface area (Å²) in [5.41, 5.74) is 0. The summed E-state index contributed by atoms with van der Waals surface area (Å²) in [6, 6.07) is 2.81. The quantitative estimate of drug-likeness (QED) is 0.536. The highest BCUT2D eigenvalue weighted by atomic mass is 19.1. The van der Waals surface area contributed by atoms with E-state index in [1.807, 2.05) is 0 Å². The second kappa shape index (κ2) is 6.35. The lowest BCUT2D eigenvalue weighted by Crippen LogP contribution is -2.10. The first kappa shape index (κ1) is 11.9. The van der Waals surface area contributed by atoms with E-state index in [1.54, 1.807) is 6.07 Å². The molecule has 0 aromatic carbocycles. The highest BCUT2D eigenvalue weighted by Gasteiger charge is 1.96. The Bertz CT molecular complexity index is 274. The fourth-order valence-corrected chi connectivity index (χ4v) is 0.985. The van der Waals surface area contributed by atoms with Crippen LogP contribution in [0.2, 0.25) is 0 Å². The summed E-state index contributed by atoms with van der Waals surface area (Å²) >= 11 is 0. The van der Waals surface area contributed by atoms with E-state index >= 15 is 0 Å². The number of ether oxygens (including phenoxy) is 2. The summed E-state index contributed by atoms with van der Waals surface area (Å²) in [4.78, 5) is 3.47. The molecule has 4 heteroatoms. The Labute approximate surface area is 89.2 Å². The van der Waals surface area contributed by atoms with Gasteiger partial charge in [0.2, 0.25) is 5.95 Å². The van der Waals surface area contributed by atoms with Gasteiger partial charge in [-0.15, -0.1) is 0 Å². The molecule has 0 aliphatic rings. The van der Waals surface area contributed by atoms with Crippen molar-refractivity contribution in [1.82, 2.24) is 4.98 Å². The zero-order chi connectivity index (χ0) is 11.1. The van der Waals surface area contributed by atoms with Crippen LogP contribution in [0.25, 0.3) is 0 Å². The second-order valence-electron chi connectivity index (χ2n) is 3.63. The molecule has 15 heavy (non-hydrogen) atoms. The predicted molar refractivity (Wildman–Crippen MR) is 55.3 cm³/mol. The van der Waals surface area contributed by atoms with Crippen LogP contribution < -0.4 is 4.74 Å². The Kier molecular flexibility index (Phi) is 5.04. The van der Waals surface area contributed by atoms with Gasteiger partial charge in [0.15, 0.2) is 0 Å². The molecule has 1 rings (SSSR count). The number of rotatable bonds is 6. The molecule has 0 unspecified atom stereocenters. The van der Waals surface area contributed by atoms with Gasteiger partial charge < -0.3 is 9.47 Å². The average Bonchev–Trinajstić information content (AvgIpc) is 2.20. The zero-order valence-corrected chi connectivity index (χ0v) is 9.07. The van der Waals surface area contributed by atoms with E-state index in [2.05, 4.69) is 18.8 Å². The third-order valence-corrected chi connectivity index (χ3v) is 1.65. The number of pyridine rings is 1. The highest BCUT2D eigenvalue weighted by Crippen LogP contribution is 2.07. The van der Waals surface area contributed by atoms with E-state index < -0.39 is 5.95 Å². The Morgan fingerprint density at radius 2 is 2.13 bits per heavy atom. The van der Waals surface area contributed by atoms with Gasteiger partial charge in [-0.2, -0.15) is 4.39 Å². The van der Waals surface area contributed by atoms with Crippen molar-refractivity contribution in [1.29, 1.82) is 0 Å². The van der Waals surface area contributed by atoms with Crippen LogP contribution >= 0.6 is 0 Å². The third kappa shape index (κ3) is 5.32. The van der Waals surface area contributed by atoms with Crippen molar-refractivity contribution < 1.29 is 13.9 Å². The van der Waals surface area contributed by atoms with Crippen LogP contribution in [0.5, 0.6) is 5.75 Å². The van der Waals surface area contributed by atoms with E-state index in [1.165, 1.54) is 12.3 Å². The highest BCUT2D eigenvalue weighted by molar-refractivity contribution is 5.15. The molecule has 0 radical (unpaired) electrons. The molecule has 0 bridgehead atoms. The van der Waals surface area contributed by atoms with E-state index in [4.69, 9.17) is 9.47 Å². The van der Waals surface area contributed by atoms with Gasteiger partial charge in [0.25, 0.3) is 0 Å². The first-order valence-corrected chi connectivity index (χ1v) is 5.00. The lowest BCUT2D eigenvalue weighted by atomic mass is 10.2. The summed E-state index contributed by atoms with van der Waals surface area (Å²) < 4.78 is 23.0. The van der Waals surface area contributed by atoms with Gasteiger partial charge in [-0.05, 0) is 18.1 Å². The largest absolute Gasteiger partial charge is 0.490 e. The number of halogens is 1. The van der Waals surface area contributed by atoms with Crippen molar-refractivity contribution in [2.24, 2.45) is 5.92 Å². The smallest absolute Gasteiger partial charge is 0.213 e. The summed E-state index contributed by atoms with van der Waals surface area (Å²) in [5.74, 6) is 0.584. The van der Waals surface area contributed by atoms with Gasteiger partial charge in [0, 0.05) is 6.61 Å². The van der Waals surface area contributed by atoms with Gasteiger partial charge in [-0.25, -0.2) is 4.98 Å². The summed E-state index contributed by atoms with van der Waals surface area (Å²) in [6.07, 6.45) is 1.36. The van der Waals surface area contributed by atoms with Gasteiger partial charge in [0.1, 0.15) is 12.4 Å². The van der Waals surface area contributed by atoms with Gasteiger partial charge in [-0.3, -0.25) is 0 Å². The molecule has 0 aliphatic heterocycles. The Balaban J connectivity index is 2.12. The number of hydrogen-bond donors (Lipinski definition) is 0. The standard InChI is InChI=1S/C11H16FNO2/c1-9(2)8-14-5-6-15-10-3-4-11(12)13-7-10/h3-4,7,9H,5-6,8H2,1-2H3. The monoisotopic (exact) mass is 213 g/mol. The molecule has 0 saturated carbocycles. The van der Waals surface area contributed by atoms with Crippen LogP contribution in [-0.4, -0.2) is 24.8 Å². The van der Waals surface area contributed by atoms with E-state index in [0.717, 1.165) is 6.61 Å². The molecule has 1 aromatic heterocycles. The Morgan fingerprint density at radius 1 is 1.33 bits per heavy atom. The number of aromatic nitrogens is 1. The van der Waals surface area contributed by atoms with Gasteiger partial charge in [-0.1, -0.05) is 13.8 Å². The average molecular weight is 213 g/mol. The topological polar surface area (TPSA) is 31.4 Å². The van der Waals surface area contributed by atoms with Crippen LogP contribution in [0.3, 0.4) is 0 Å². The minimum absolute atomic E-state index is 0.458. The maximum Gasteiger partial charge on any atom is 0.213 e. The molecule has 1 heterocycles. The molecule has 84 valence electrons. The zero-order valence-electron chi connectivity index (χ0n) is 9.07. The normalized spacial score (nSPS) is 10.7. The predicted octanol–water partition coefficient (Wildman–Crippen LogP) is 2.27. The van der Waals surface area contributed by atoms with E-state index in [0.29, 0.717) is 24.9 Å². The molecule has 0 atom stereocenters. The first-order valence-electron chi connectivity index (χ1n) is 5.00. The Morgan fingerprint density at radius 3 is 2.73 bits per heavy atom. The summed E-state index contributed by atoms with van der Waals surface area (Å²) in [5, 5.41) is 0. The van der Waals surface area contributed by atoms with Crippen LogP contribution in [0.15, 0.2) is 18.3 Å². The van der Waals surface area contributed by atoms with Crippen LogP contribution in [0.1, 0.15) is 13.8 Å². The Hall–Kier alpha value is -1.16. The van der Waals surface area contributed by atoms with Crippen LogP contribution in [0, 0.1) is 11.9 Å². The van der Waals surface area contributed by atoms with Crippen molar-refractivity contribution >= 4 is 0 Å². The molecule has 0 saturated heterocycles. The molecular weight excluding hydrogens is 197 g/mol. The second-order valence-corrected chi connectivity index (χ2v) is 3.63. The molecular formula is C11H16FNO2. The van der Waals surface area contributed by atoms with Crippen molar-refractivity contribution in [3.05, 3.63) is 24.3 Å². The molecule has 3 nitrogen and oxygen atoms in total. The maximum absolute atomic E-state index is 12.4. The van der Waals surface area contributed by atoms with Crippen LogP contribution in [0.4, 0.5) is 4.39 Å². The van der Waals surface area contributed by atoms with Gasteiger partial charge in [0.05, 0.1) is 12.8 Å². The number of hydrogen-bond acceptors (Lipinski definition) is 3. The van der Waals surface area contributed by atoms with Crippen LogP contribution in [-0.2, 0) is 4.74 Å². The minimum Gasteiger partial charge on any atom is -0.490 e. The number of nitrogens with zero attached hydrogens (tertiary/aromatic N) is 1. The third-order valence-electron chi connectivity index (χ3n) is 1.65. The molecule has 0 aliphatic carbocycles. The summed E-state index contributed by atoms with van der Waals surface area (Å²) in [6.45, 7) is 5.90. The molecule has 0 N–H and O–H groups in total. The van der Waals surface area contributed by atoms with E-state index in [9.17, 15) is 4.39 Å². The first-order chi connectivity index (χ1) is 7.18. The lowest BCUT2D eigenvalue weighted by molar-refractivity contribution is 0.0817. The molecule has 1 aromatic rings. The van der Waals surface area contributed by atoms with Crippen molar-refractivity contribution in [3.63, 3.8) is 0 Å². The molecule has 0 fully saturated rings. The minimum atomic E-state index is -0.501. The molecule has 0 amide bonds. The lowest BCUT2D eigenvalue weighted by Gasteiger charge is -2.08. The van der Waals surface area contributed by atoms with E-state index in [-0.39, 0.29) is 0 Å². The van der Waals surface area contributed by atoms with Crippen molar-refractivity contribution in [2.75, 3.05) is 19.8 Å². The van der Waals surface area contributed by atoms with Gasteiger partial charge >= 0.3 is 0 Å². The fraction of sp³-hybridized carbons (Fsp3) is 0.545. The van der Waals surface area contributed by atoms with Crippen molar-refractivity contribution in [3.8, 4) is 5.75 Å². The fourth-order valence-electron chi connectivity index (χ4n) is 0.985. The maximum atomic E-state index is 12.4. The summed E-state index contributed by atoms with van der Waals surface area (Å²) in [7, 11) is 0.